The summed E-state index contributed by atoms with van der Waals surface area (Å²) in [4.78, 5) is 2.43. The first-order valence-electron chi connectivity index (χ1n) is 7.27. The van der Waals surface area contributed by atoms with E-state index in [-0.39, 0.29) is 0 Å². The van der Waals surface area contributed by atoms with Gasteiger partial charge in [-0.25, -0.2) is 0 Å². The predicted octanol–water partition coefficient (Wildman–Crippen LogP) is 3.13. The number of nitrogens with one attached hydrogen (secondary N) is 1. The monoisotopic (exact) mass is 293 g/mol. The maximum absolute atomic E-state index is 10.4. The fraction of sp³-hybridized carbons (Fsp3) is 0.533. The molecule has 0 saturated carbocycles. The lowest BCUT2D eigenvalue weighted by atomic mass is 10.0. The Hall–Kier alpha value is -1.10. The summed E-state index contributed by atoms with van der Waals surface area (Å²) in [6.45, 7) is 3.24. The van der Waals surface area contributed by atoms with E-state index >= 15 is 0 Å². The van der Waals surface area contributed by atoms with Crippen molar-refractivity contribution in [2.75, 3.05) is 19.6 Å². The number of aliphatic hydroxyl groups is 1. The van der Waals surface area contributed by atoms with E-state index in [0.29, 0.717) is 5.02 Å². The maximum Gasteiger partial charge on any atom is 0.0816 e. The van der Waals surface area contributed by atoms with Crippen molar-refractivity contribution in [3.8, 4) is 0 Å². The molecular formula is C15H20ClN3O. The van der Waals surface area contributed by atoms with Gasteiger partial charge in [0.05, 0.1) is 17.8 Å². The predicted molar refractivity (Wildman–Crippen MR) is 81.0 cm³/mol. The van der Waals surface area contributed by atoms with Crippen molar-refractivity contribution in [2.24, 2.45) is 0 Å². The Morgan fingerprint density at radius 2 is 2.10 bits per heavy atom. The molecule has 2 aromatic rings. The Bertz CT molecular complexity index is 578. The van der Waals surface area contributed by atoms with Gasteiger partial charge in [-0.2, -0.15) is 5.10 Å². The number of hydrogen-bond donors (Lipinski definition) is 2. The molecule has 1 atom stereocenters. The van der Waals surface area contributed by atoms with Crippen LogP contribution in [0.2, 0.25) is 5.02 Å². The lowest BCUT2D eigenvalue weighted by molar-refractivity contribution is 0.134. The molecule has 108 valence electrons. The smallest absolute Gasteiger partial charge is 0.0816 e. The van der Waals surface area contributed by atoms with Gasteiger partial charge in [-0.15, -0.1) is 0 Å². The van der Waals surface area contributed by atoms with Crippen LogP contribution < -0.4 is 0 Å². The fourth-order valence-electron chi connectivity index (χ4n) is 2.88. The van der Waals surface area contributed by atoms with E-state index in [1.165, 1.54) is 19.3 Å². The minimum absolute atomic E-state index is 0.510. The van der Waals surface area contributed by atoms with Gasteiger partial charge in [-0.3, -0.25) is 5.10 Å². The first kappa shape index (κ1) is 13.9. The van der Waals surface area contributed by atoms with Crippen LogP contribution in [0.25, 0.3) is 10.9 Å². The number of H-pyrrole nitrogens is 1. The average Bonchev–Trinajstić information content (AvgIpc) is 2.92. The van der Waals surface area contributed by atoms with Crippen LogP contribution in [-0.4, -0.2) is 39.8 Å². The minimum Gasteiger partial charge on any atom is -0.388 e. The van der Waals surface area contributed by atoms with E-state index in [9.17, 15) is 5.11 Å². The highest BCUT2D eigenvalue weighted by molar-refractivity contribution is 6.32. The van der Waals surface area contributed by atoms with Crippen LogP contribution in [0.4, 0.5) is 0 Å². The Labute approximate surface area is 123 Å². The van der Waals surface area contributed by atoms with E-state index in [2.05, 4.69) is 15.1 Å². The Balaban J connectivity index is 1.67. The SMILES string of the molecule is OC(CCN1CCCCC1)c1cc2cn[nH]c2cc1Cl. The normalized spacial score (nSPS) is 18.5. The summed E-state index contributed by atoms with van der Waals surface area (Å²) in [6, 6.07) is 3.77. The molecule has 0 amide bonds. The van der Waals surface area contributed by atoms with E-state index in [1.807, 2.05) is 12.1 Å². The van der Waals surface area contributed by atoms with Crippen LogP contribution in [0, 0.1) is 0 Å². The van der Waals surface area contributed by atoms with Gasteiger partial charge in [0, 0.05) is 17.0 Å². The number of nitrogens with zero attached hydrogens (tertiary/aromatic N) is 2. The van der Waals surface area contributed by atoms with Gasteiger partial charge in [0.2, 0.25) is 0 Å². The molecule has 5 heteroatoms. The van der Waals surface area contributed by atoms with Crippen LogP contribution in [0.3, 0.4) is 0 Å². The van der Waals surface area contributed by atoms with E-state index < -0.39 is 6.10 Å². The van der Waals surface area contributed by atoms with Gasteiger partial charge in [0.25, 0.3) is 0 Å². The molecule has 1 aromatic carbocycles. The summed E-state index contributed by atoms with van der Waals surface area (Å²) >= 11 is 6.26. The van der Waals surface area contributed by atoms with Gasteiger partial charge < -0.3 is 10.0 Å². The van der Waals surface area contributed by atoms with E-state index in [4.69, 9.17) is 11.6 Å². The molecule has 4 nitrogen and oxygen atoms in total. The molecule has 2 N–H and O–H groups in total. The Morgan fingerprint density at radius 3 is 2.90 bits per heavy atom. The van der Waals surface area contributed by atoms with Crippen LogP contribution >= 0.6 is 11.6 Å². The Morgan fingerprint density at radius 1 is 1.30 bits per heavy atom. The Kier molecular flexibility index (Phi) is 4.24. The number of benzene rings is 1. The molecule has 1 fully saturated rings. The van der Waals surface area contributed by atoms with Gasteiger partial charge >= 0.3 is 0 Å². The molecule has 1 unspecified atom stereocenters. The van der Waals surface area contributed by atoms with Crippen LogP contribution in [-0.2, 0) is 0 Å². The second kappa shape index (κ2) is 6.12. The summed E-state index contributed by atoms with van der Waals surface area (Å²) in [5.74, 6) is 0. The molecule has 0 spiro atoms. The summed E-state index contributed by atoms with van der Waals surface area (Å²) in [5, 5.41) is 18.9. The molecule has 2 heterocycles. The number of aromatic nitrogens is 2. The van der Waals surface area contributed by atoms with E-state index in [0.717, 1.165) is 42.5 Å². The van der Waals surface area contributed by atoms with E-state index in [1.54, 1.807) is 6.20 Å². The van der Waals surface area contributed by atoms with Crippen molar-refractivity contribution >= 4 is 22.5 Å². The van der Waals surface area contributed by atoms with Crippen LogP contribution in [0.5, 0.6) is 0 Å². The highest BCUT2D eigenvalue weighted by Crippen LogP contribution is 2.29. The first-order valence-corrected chi connectivity index (χ1v) is 7.65. The van der Waals surface area contributed by atoms with Crippen molar-refractivity contribution < 1.29 is 5.11 Å². The molecular weight excluding hydrogens is 274 g/mol. The fourth-order valence-corrected chi connectivity index (χ4v) is 3.17. The summed E-state index contributed by atoms with van der Waals surface area (Å²) in [5.41, 5.74) is 1.71. The third kappa shape index (κ3) is 2.97. The summed E-state index contributed by atoms with van der Waals surface area (Å²) in [6.07, 6.45) is 5.86. The molecule has 1 saturated heterocycles. The number of likely N-dealkylation sites (tertiary alicyclic amines) is 1. The average molecular weight is 294 g/mol. The molecule has 0 radical (unpaired) electrons. The zero-order valence-electron chi connectivity index (χ0n) is 11.5. The number of rotatable bonds is 4. The highest BCUT2D eigenvalue weighted by Gasteiger charge is 2.16. The second-order valence-electron chi connectivity index (χ2n) is 5.54. The molecule has 1 aromatic heterocycles. The van der Waals surface area contributed by atoms with Crippen molar-refractivity contribution in [1.82, 2.24) is 15.1 Å². The summed E-state index contributed by atoms with van der Waals surface area (Å²) in [7, 11) is 0. The number of piperidine rings is 1. The first-order chi connectivity index (χ1) is 9.74. The highest BCUT2D eigenvalue weighted by atomic mass is 35.5. The number of fused-ring (bicyclic) bond motifs is 1. The topological polar surface area (TPSA) is 52.1 Å². The molecule has 0 bridgehead atoms. The van der Waals surface area contributed by atoms with Gasteiger partial charge in [-0.1, -0.05) is 18.0 Å². The zero-order chi connectivity index (χ0) is 13.9. The lowest BCUT2D eigenvalue weighted by Gasteiger charge is -2.27. The molecule has 1 aliphatic rings. The summed E-state index contributed by atoms with van der Waals surface area (Å²) < 4.78 is 0. The lowest BCUT2D eigenvalue weighted by Crippen LogP contribution is -2.31. The van der Waals surface area contributed by atoms with Crippen LogP contribution in [0.1, 0.15) is 37.4 Å². The zero-order valence-corrected chi connectivity index (χ0v) is 12.2. The van der Waals surface area contributed by atoms with Crippen LogP contribution in [0.15, 0.2) is 18.3 Å². The molecule has 0 aliphatic carbocycles. The third-order valence-electron chi connectivity index (χ3n) is 4.08. The number of aliphatic hydroxyl groups excluding tert-OH is 1. The molecule has 20 heavy (non-hydrogen) atoms. The van der Waals surface area contributed by atoms with Crippen molar-refractivity contribution in [1.29, 1.82) is 0 Å². The maximum atomic E-state index is 10.4. The number of aromatic amines is 1. The second-order valence-corrected chi connectivity index (χ2v) is 5.94. The largest absolute Gasteiger partial charge is 0.388 e. The van der Waals surface area contributed by atoms with Gasteiger partial charge in [-0.05, 0) is 50.0 Å². The molecule has 3 rings (SSSR count). The van der Waals surface area contributed by atoms with Crippen molar-refractivity contribution in [3.63, 3.8) is 0 Å². The van der Waals surface area contributed by atoms with Gasteiger partial charge in [0.1, 0.15) is 0 Å². The quantitative estimate of drug-likeness (QED) is 0.910. The van der Waals surface area contributed by atoms with Crippen molar-refractivity contribution in [2.45, 2.75) is 31.8 Å². The number of halogens is 1. The minimum atomic E-state index is -0.510. The third-order valence-corrected chi connectivity index (χ3v) is 4.41. The standard InChI is InChI=1S/C15H20ClN3O/c16-13-9-14-11(10-17-18-14)8-12(13)15(20)4-7-19-5-2-1-3-6-19/h8-10,15,20H,1-7H2,(H,17,18). The van der Waals surface area contributed by atoms with Crippen molar-refractivity contribution in [3.05, 3.63) is 28.9 Å². The number of hydrogen-bond acceptors (Lipinski definition) is 3. The van der Waals surface area contributed by atoms with Gasteiger partial charge in [0.15, 0.2) is 0 Å². The molecule has 1 aliphatic heterocycles.